The van der Waals surface area contributed by atoms with E-state index in [0.29, 0.717) is 0 Å². The number of carboxylic acid groups (broad SMARTS) is 6. The number of hydrogen-bond donors (Lipinski definition) is 1. The Morgan fingerprint density at radius 3 is 0.407 bits per heavy atom. The van der Waals surface area contributed by atoms with Crippen molar-refractivity contribution in [3.05, 3.63) is 0 Å². The van der Waals surface area contributed by atoms with Gasteiger partial charge in [0, 0.05) is 74.0 Å². The molecule has 0 bridgehead atoms. The minimum absolute atomic E-state index is 0. The van der Waals surface area contributed by atoms with Crippen LogP contribution in [0.15, 0.2) is 0 Å². The Hall–Kier alpha value is -2.17. The quantitative estimate of drug-likeness (QED) is 0.263. The van der Waals surface area contributed by atoms with E-state index in [1.54, 1.807) is 0 Å². The zero-order chi connectivity index (χ0) is 23.5. The molecule has 0 aromatic carbocycles. The Morgan fingerprint density at radius 1 is 0.407 bits per heavy atom. The molecule has 0 aliphatic carbocycles. The van der Waals surface area contributed by atoms with Gasteiger partial charge in [0.25, 0.3) is 0 Å². The van der Waals surface area contributed by atoms with Crippen molar-refractivity contribution in [2.24, 2.45) is 0 Å². The molecular formula is C13H22O13U-6. The van der Waals surface area contributed by atoms with Gasteiger partial charge in [0.1, 0.15) is 0 Å². The normalized spacial score (nSPS) is 5.78. The van der Waals surface area contributed by atoms with Crippen molar-refractivity contribution in [1.82, 2.24) is 0 Å². The molecule has 0 aliphatic heterocycles. The molecule has 1 N–H and O–H groups in total. The van der Waals surface area contributed by atoms with E-state index < -0.39 is 35.8 Å². The van der Waals surface area contributed by atoms with Gasteiger partial charge in [-0.15, -0.1) is 0 Å². The third-order valence-electron chi connectivity index (χ3n) is 0. The van der Waals surface area contributed by atoms with Crippen LogP contribution in [0.25, 0.3) is 0 Å². The second-order valence-electron chi connectivity index (χ2n) is 2.95. The van der Waals surface area contributed by atoms with E-state index in [-0.39, 0.29) is 31.1 Å². The van der Waals surface area contributed by atoms with Crippen LogP contribution in [-0.2, 0) is 28.8 Å². The molecular weight excluding hydrogens is 602 g/mol. The van der Waals surface area contributed by atoms with Crippen LogP contribution >= 0.6 is 0 Å². The second-order valence-corrected chi connectivity index (χ2v) is 2.95. The summed E-state index contributed by atoms with van der Waals surface area (Å²) in [5, 5.41) is 60.3. The fourth-order valence-electron chi connectivity index (χ4n) is 0. The first-order valence-electron chi connectivity index (χ1n) is 5.90. The number of carboxylic acids is 6. The fourth-order valence-corrected chi connectivity index (χ4v) is 0. The number of aliphatic carboxylic acids is 6. The third kappa shape index (κ3) is 2420. The van der Waals surface area contributed by atoms with Crippen LogP contribution in [0.1, 0.15) is 41.5 Å². The minimum Gasteiger partial charge on any atom is -0.550 e. The van der Waals surface area contributed by atoms with Crippen LogP contribution in [-0.4, -0.2) is 48.0 Å². The molecule has 0 aliphatic rings. The van der Waals surface area contributed by atoms with Crippen molar-refractivity contribution in [3.63, 3.8) is 0 Å². The van der Waals surface area contributed by atoms with Crippen LogP contribution in [0.5, 0.6) is 0 Å². The van der Waals surface area contributed by atoms with Crippen LogP contribution in [0, 0.1) is 31.1 Å². The molecule has 162 valence electrons. The molecule has 0 fully saturated rings. The van der Waals surface area contributed by atoms with Gasteiger partial charge >= 0.3 is 0 Å². The first-order chi connectivity index (χ1) is 11.4. The first-order valence-corrected chi connectivity index (χ1v) is 5.90. The van der Waals surface area contributed by atoms with E-state index >= 15 is 0 Å². The van der Waals surface area contributed by atoms with Crippen molar-refractivity contribution in [3.8, 4) is 0 Å². The molecule has 0 amide bonds. The molecule has 0 rings (SSSR count). The van der Waals surface area contributed by atoms with Crippen LogP contribution in [0.2, 0.25) is 0 Å². The van der Waals surface area contributed by atoms with Crippen molar-refractivity contribution in [1.29, 1.82) is 0 Å². The summed E-state index contributed by atoms with van der Waals surface area (Å²) in [4.78, 5) is 53.3. The summed E-state index contributed by atoms with van der Waals surface area (Å²) in [5.41, 5.74) is 0. The Bertz CT molecular complexity index is 263. The monoisotopic (exact) mass is 624 g/mol. The van der Waals surface area contributed by atoms with Gasteiger partial charge in [-0.2, -0.15) is 0 Å². The number of aliphatic hydroxyl groups excluding tert-OH is 1. The smallest absolute Gasteiger partial charge is 0.0383 e. The predicted octanol–water partition coefficient (Wildman–Crippen LogP) is -7.85. The Kier molecular flexibility index (Phi) is 91.4. The van der Waals surface area contributed by atoms with Gasteiger partial charge < -0.3 is 64.5 Å². The minimum atomic E-state index is -1.08. The van der Waals surface area contributed by atoms with E-state index in [4.69, 9.17) is 64.5 Å². The number of aliphatic hydroxyl groups is 1. The summed E-state index contributed by atoms with van der Waals surface area (Å²) in [6.07, 6.45) is 0. The van der Waals surface area contributed by atoms with Gasteiger partial charge in [0.05, 0.1) is 0 Å². The molecule has 0 saturated carbocycles. The molecule has 0 atom stereocenters. The largest absolute Gasteiger partial charge is 0.550 e. The van der Waals surface area contributed by atoms with Gasteiger partial charge in [0.15, 0.2) is 0 Å². The molecule has 0 unspecified atom stereocenters. The maximum atomic E-state index is 8.89. The van der Waals surface area contributed by atoms with Crippen LogP contribution in [0.3, 0.4) is 0 Å². The summed E-state index contributed by atoms with van der Waals surface area (Å²) >= 11 is 0. The van der Waals surface area contributed by atoms with E-state index in [1.165, 1.54) is 0 Å². The summed E-state index contributed by atoms with van der Waals surface area (Å²) in [5.74, 6) is -6.50. The van der Waals surface area contributed by atoms with Gasteiger partial charge in [0.2, 0.25) is 0 Å². The van der Waals surface area contributed by atoms with Crippen molar-refractivity contribution < 1.29 is 95.6 Å². The van der Waals surface area contributed by atoms with Gasteiger partial charge in [-0.25, -0.2) is 0 Å². The van der Waals surface area contributed by atoms with Crippen molar-refractivity contribution in [2.45, 2.75) is 41.5 Å². The van der Waals surface area contributed by atoms with E-state index in [2.05, 4.69) is 0 Å². The molecule has 0 aromatic rings. The maximum Gasteiger partial charge on any atom is 0.0383 e. The van der Waals surface area contributed by atoms with Gasteiger partial charge in [-0.3, -0.25) is 0 Å². The molecule has 14 heteroatoms. The number of hydrogen-bond acceptors (Lipinski definition) is 13. The maximum absolute atomic E-state index is 8.89. The molecule has 0 aromatic heterocycles. The molecule has 27 heavy (non-hydrogen) atoms. The van der Waals surface area contributed by atoms with E-state index in [1.807, 2.05) is 0 Å². The standard InChI is InChI=1S/6C2H4O2.CH4O.U/c6*1-2(3)4;1-2;/h6*1H3,(H,3,4);2H,1H3;/p-6. The zero-order valence-corrected chi connectivity index (χ0v) is 20.0. The first kappa shape index (κ1) is 49.8. The Balaban J connectivity index is -0.0000000260. The summed E-state index contributed by atoms with van der Waals surface area (Å²) < 4.78 is 0. The molecule has 13 nitrogen and oxygen atoms in total. The van der Waals surface area contributed by atoms with E-state index in [9.17, 15) is 0 Å². The Labute approximate surface area is 180 Å². The molecule has 0 spiro atoms. The number of carbonyl (C=O) groups excluding carboxylic acids is 6. The van der Waals surface area contributed by atoms with E-state index in [0.717, 1.165) is 48.7 Å². The van der Waals surface area contributed by atoms with Crippen molar-refractivity contribution in [2.75, 3.05) is 7.11 Å². The number of rotatable bonds is 0. The Morgan fingerprint density at radius 2 is 0.407 bits per heavy atom. The van der Waals surface area contributed by atoms with Crippen LogP contribution < -0.4 is 30.6 Å². The molecule has 0 saturated heterocycles. The summed E-state index contributed by atoms with van der Waals surface area (Å²) in [6.45, 7) is 5.83. The summed E-state index contributed by atoms with van der Waals surface area (Å²) in [7, 11) is 1.00. The third-order valence-corrected chi connectivity index (χ3v) is 0. The number of carbonyl (C=O) groups is 6. The van der Waals surface area contributed by atoms with Crippen LogP contribution in [0.4, 0.5) is 0 Å². The molecule has 0 heterocycles. The fraction of sp³-hybridized carbons (Fsp3) is 0.538. The molecule has 0 radical (unpaired) electrons. The van der Waals surface area contributed by atoms with Gasteiger partial charge in [-0.05, 0) is 41.5 Å². The zero-order valence-electron chi connectivity index (χ0n) is 15.8. The summed E-state index contributed by atoms with van der Waals surface area (Å²) in [6, 6.07) is 0. The second kappa shape index (κ2) is 49.6. The van der Waals surface area contributed by atoms with Crippen molar-refractivity contribution >= 4 is 35.8 Å². The average Bonchev–Trinajstić information content (AvgIpc) is 2.25. The average molecular weight is 624 g/mol. The SMILES string of the molecule is CC(=O)[O-].CC(=O)[O-].CC(=O)[O-].CC(=O)[O-].CC(=O)[O-].CC(=O)[O-].CO.[U]. The van der Waals surface area contributed by atoms with Gasteiger partial charge in [-0.1, -0.05) is 0 Å². The topological polar surface area (TPSA) is 261 Å². The predicted molar refractivity (Wildman–Crippen MR) is 72.2 cm³/mol.